The minimum Gasteiger partial charge on any atom is -0.457 e. The van der Waals surface area contributed by atoms with Gasteiger partial charge in [-0.05, 0) is 51.4 Å². The number of hydrogen-bond donors (Lipinski definition) is 6. The lowest BCUT2D eigenvalue weighted by molar-refractivity contribution is -0.220. The van der Waals surface area contributed by atoms with Crippen molar-refractivity contribution in [1.82, 2.24) is 0 Å². The smallest absolute Gasteiger partial charge is 0.457 e. The number of carbonyl (C=O) groups is 1. The summed E-state index contributed by atoms with van der Waals surface area (Å²) in [4.78, 5) is 23.0. The molecule has 13 heteroatoms. The van der Waals surface area contributed by atoms with Crippen LogP contribution in [0.3, 0.4) is 0 Å². The van der Waals surface area contributed by atoms with E-state index >= 15 is 0 Å². The van der Waals surface area contributed by atoms with Gasteiger partial charge in [-0.1, -0.05) is 120 Å². The molecule has 302 valence electrons. The van der Waals surface area contributed by atoms with Crippen molar-refractivity contribution in [2.24, 2.45) is 0 Å². The van der Waals surface area contributed by atoms with Gasteiger partial charge in [0, 0.05) is 13.0 Å². The van der Waals surface area contributed by atoms with E-state index in [1.807, 2.05) is 0 Å². The van der Waals surface area contributed by atoms with Crippen molar-refractivity contribution < 1.29 is 58.3 Å². The number of unbranched alkanes of at least 4 members (excludes halogenated alkanes) is 11. The Bertz CT molecular complexity index is 1050. The summed E-state index contributed by atoms with van der Waals surface area (Å²) in [5.41, 5.74) is 0. The van der Waals surface area contributed by atoms with E-state index in [1.165, 1.54) is 32.1 Å². The van der Waals surface area contributed by atoms with Crippen LogP contribution in [0.4, 0.5) is 0 Å². The highest BCUT2D eigenvalue weighted by molar-refractivity contribution is 7.47. The summed E-state index contributed by atoms with van der Waals surface area (Å²) < 4.78 is 33.9. The van der Waals surface area contributed by atoms with Crippen LogP contribution in [0.1, 0.15) is 129 Å². The second kappa shape index (κ2) is 30.6. The van der Waals surface area contributed by atoms with Crippen LogP contribution in [0.25, 0.3) is 0 Å². The minimum absolute atomic E-state index is 0.0879. The van der Waals surface area contributed by atoms with E-state index < -0.39 is 63.1 Å². The van der Waals surface area contributed by atoms with E-state index in [0.717, 1.165) is 70.6 Å². The molecule has 0 aromatic carbocycles. The number of aliphatic hydroxyl groups excluding tert-OH is 5. The Labute approximate surface area is 312 Å². The minimum atomic E-state index is -5.01. The highest BCUT2D eigenvalue weighted by atomic mass is 31.2. The van der Waals surface area contributed by atoms with Crippen molar-refractivity contribution in [1.29, 1.82) is 0 Å². The third-order valence-electron chi connectivity index (χ3n) is 8.72. The molecule has 1 aliphatic rings. The molecule has 1 aliphatic carbocycles. The molecular formula is C39H69O12P. The number of aliphatic hydroxyl groups is 5. The van der Waals surface area contributed by atoms with E-state index in [-0.39, 0.29) is 13.0 Å². The number of ether oxygens (including phenoxy) is 2. The highest BCUT2D eigenvalue weighted by Crippen LogP contribution is 2.47. The fourth-order valence-corrected chi connectivity index (χ4v) is 6.55. The van der Waals surface area contributed by atoms with Crippen molar-refractivity contribution in [3.8, 4) is 0 Å². The van der Waals surface area contributed by atoms with Crippen molar-refractivity contribution in [2.75, 3.05) is 19.8 Å². The zero-order valence-electron chi connectivity index (χ0n) is 31.6. The van der Waals surface area contributed by atoms with E-state index in [4.69, 9.17) is 18.5 Å². The van der Waals surface area contributed by atoms with Gasteiger partial charge in [0.25, 0.3) is 0 Å². The second-order valence-corrected chi connectivity index (χ2v) is 14.8. The molecule has 1 rings (SSSR count). The molecule has 6 N–H and O–H groups in total. The average Bonchev–Trinajstić information content (AvgIpc) is 3.12. The number of phosphoric ester groups is 1. The van der Waals surface area contributed by atoms with Gasteiger partial charge in [-0.3, -0.25) is 13.8 Å². The lowest BCUT2D eigenvalue weighted by Crippen LogP contribution is -2.64. The van der Waals surface area contributed by atoms with Crippen LogP contribution in [-0.4, -0.2) is 98.9 Å². The van der Waals surface area contributed by atoms with Crippen LogP contribution in [0.15, 0.2) is 48.6 Å². The fourth-order valence-electron chi connectivity index (χ4n) is 5.58. The SMILES string of the molecule is CC/C=C\C/C=C\C/C=C\C/C=C\CCCCCCC(=O)OC(COCCCCCCCCCC)COP(=O)(O)OC1C(O)C(O)C(O)C(O)C1O. The molecule has 0 aromatic rings. The standard InChI is InChI=1S/C39H69O12P/c1-3-5-7-9-11-13-14-15-16-17-18-19-20-21-22-24-26-28-33(40)50-32(30-48-29-27-25-23-12-10-8-6-4-2)31-49-52(46,47)51-39-37(44)35(42)34(41)36(43)38(39)45/h5,7,11,13,15-16,18-19,32,34-39,41-45H,3-4,6,8-10,12,14,17,20-31H2,1-2H3,(H,46,47)/b7-5-,13-11-,16-15-,19-18-. The molecule has 6 unspecified atom stereocenters. The zero-order valence-corrected chi connectivity index (χ0v) is 32.5. The zero-order chi connectivity index (χ0) is 38.5. The lowest BCUT2D eigenvalue weighted by atomic mass is 9.85. The molecule has 12 nitrogen and oxygen atoms in total. The monoisotopic (exact) mass is 760 g/mol. The Hall–Kier alpha value is -1.70. The quantitative estimate of drug-likeness (QED) is 0.0194. The Morgan fingerprint density at radius 3 is 1.73 bits per heavy atom. The predicted molar refractivity (Wildman–Crippen MR) is 202 cm³/mol. The van der Waals surface area contributed by atoms with E-state index in [1.54, 1.807) is 0 Å². The molecule has 0 heterocycles. The van der Waals surface area contributed by atoms with Gasteiger partial charge in [0.15, 0.2) is 0 Å². The average molecular weight is 761 g/mol. The molecule has 52 heavy (non-hydrogen) atoms. The summed E-state index contributed by atoms with van der Waals surface area (Å²) in [6.45, 7) is 4.05. The molecule has 1 saturated carbocycles. The summed E-state index contributed by atoms with van der Waals surface area (Å²) in [6.07, 6.45) is 22.0. The van der Waals surface area contributed by atoms with Gasteiger partial charge in [-0.2, -0.15) is 0 Å². The Kier molecular flexibility index (Phi) is 28.4. The largest absolute Gasteiger partial charge is 0.472 e. The van der Waals surface area contributed by atoms with Crippen molar-refractivity contribution in [3.63, 3.8) is 0 Å². The topological polar surface area (TPSA) is 192 Å². The second-order valence-electron chi connectivity index (χ2n) is 13.4. The maximum Gasteiger partial charge on any atom is 0.472 e. The van der Waals surface area contributed by atoms with Gasteiger partial charge in [0.2, 0.25) is 0 Å². The van der Waals surface area contributed by atoms with Gasteiger partial charge in [0.1, 0.15) is 42.7 Å². The summed E-state index contributed by atoms with van der Waals surface area (Å²) in [5.74, 6) is -0.504. The summed E-state index contributed by atoms with van der Waals surface area (Å²) in [6, 6.07) is 0. The van der Waals surface area contributed by atoms with Crippen LogP contribution in [-0.2, 0) is 27.9 Å². The van der Waals surface area contributed by atoms with Crippen LogP contribution in [0.2, 0.25) is 0 Å². The Morgan fingerprint density at radius 1 is 0.635 bits per heavy atom. The van der Waals surface area contributed by atoms with Crippen LogP contribution in [0, 0.1) is 0 Å². The molecule has 6 atom stereocenters. The molecule has 1 fully saturated rings. The number of hydrogen-bond acceptors (Lipinski definition) is 11. The number of carbonyl (C=O) groups excluding carboxylic acids is 1. The highest BCUT2D eigenvalue weighted by Gasteiger charge is 2.51. The molecular weight excluding hydrogens is 691 g/mol. The lowest BCUT2D eigenvalue weighted by Gasteiger charge is -2.41. The normalized spacial score (nSPS) is 24.4. The molecule has 0 amide bonds. The Balaban J connectivity index is 2.46. The molecule has 0 aromatic heterocycles. The number of rotatable bonds is 31. The summed E-state index contributed by atoms with van der Waals surface area (Å²) in [5, 5.41) is 49.9. The maximum atomic E-state index is 12.7. The van der Waals surface area contributed by atoms with E-state index in [9.17, 15) is 39.8 Å². The van der Waals surface area contributed by atoms with Gasteiger partial charge in [-0.15, -0.1) is 0 Å². The molecule has 0 radical (unpaired) electrons. The van der Waals surface area contributed by atoms with Crippen molar-refractivity contribution in [3.05, 3.63) is 48.6 Å². The van der Waals surface area contributed by atoms with E-state index in [2.05, 4.69) is 62.5 Å². The first kappa shape index (κ1) is 48.3. The summed E-state index contributed by atoms with van der Waals surface area (Å²) in [7, 11) is -5.01. The molecule has 0 aliphatic heterocycles. The van der Waals surface area contributed by atoms with Crippen molar-refractivity contribution in [2.45, 2.75) is 172 Å². The number of phosphoric acid groups is 1. The number of esters is 1. The molecule has 0 saturated heterocycles. The third kappa shape index (κ3) is 23.2. The maximum absolute atomic E-state index is 12.7. The van der Waals surface area contributed by atoms with Crippen LogP contribution < -0.4 is 0 Å². The molecule has 0 bridgehead atoms. The first-order valence-corrected chi connectivity index (χ1v) is 21.0. The van der Waals surface area contributed by atoms with Crippen molar-refractivity contribution >= 4 is 13.8 Å². The van der Waals surface area contributed by atoms with Gasteiger partial charge in [0.05, 0.1) is 13.2 Å². The molecule has 0 spiro atoms. The summed E-state index contributed by atoms with van der Waals surface area (Å²) >= 11 is 0. The third-order valence-corrected chi connectivity index (χ3v) is 9.70. The van der Waals surface area contributed by atoms with Crippen LogP contribution >= 0.6 is 7.82 Å². The predicted octanol–water partition coefficient (Wildman–Crippen LogP) is 6.52. The van der Waals surface area contributed by atoms with E-state index in [0.29, 0.717) is 13.0 Å². The van der Waals surface area contributed by atoms with Gasteiger partial charge < -0.3 is 39.9 Å². The number of allylic oxidation sites excluding steroid dienone is 8. The van der Waals surface area contributed by atoms with Gasteiger partial charge in [-0.25, -0.2) is 4.57 Å². The Morgan fingerprint density at radius 2 is 1.13 bits per heavy atom. The van der Waals surface area contributed by atoms with Gasteiger partial charge >= 0.3 is 13.8 Å². The fraction of sp³-hybridized carbons (Fsp3) is 0.769. The van der Waals surface area contributed by atoms with Crippen LogP contribution in [0.5, 0.6) is 0 Å². The first-order chi connectivity index (χ1) is 25.0. The first-order valence-electron chi connectivity index (χ1n) is 19.5.